The quantitative estimate of drug-likeness (QED) is 0.853. The molecule has 0 aliphatic carbocycles. The zero-order valence-corrected chi connectivity index (χ0v) is 8.69. The fourth-order valence-electron chi connectivity index (χ4n) is 1.12. The highest BCUT2D eigenvalue weighted by molar-refractivity contribution is 6.03. The van der Waals surface area contributed by atoms with Gasteiger partial charge in [0.05, 0.1) is 0 Å². The number of halogens is 3. The van der Waals surface area contributed by atoms with Gasteiger partial charge in [0.15, 0.2) is 0 Å². The molecule has 6 nitrogen and oxygen atoms in total. The van der Waals surface area contributed by atoms with Crippen molar-refractivity contribution in [3.05, 3.63) is 35.9 Å². The van der Waals surface area contributed by atoms with Crippen molar-refractivity contribution in [1.29, 1.82) is 0 Å². The average Bonchev–Trinajstić information content (AvgIpc) is 2.78. The van der Waals surface area contributed by atoms with Gasteiger partial charge in [-0.25, -0.2) is 0 Å². The summed E-state index contributed by atoms with van der Waals surface area (Å²) in [6.45, 7) is 0. The van der Waals surface area contributed by atoms with Crippen LogP contribution in [-0.4, -0.2) is 26.1 Å². The van der Waals surface area contributed by atoms with E-state index >= 15 is 0 Å². The van der Waals surface area contributed by atoms with Crippen molar-refractivity contribution in [2.24, 2.45) is 0 Å². The second-order valence-electron chi connectivity index (χ2n) is 3.20. The van der Waals surface area contributed by atoms with Crippen molar-refractivity contribution in [3.8, 4) is 0 Å². The molecule has 0 spiro atoms. The maximum atomic E-state index is 12.2. The minimum atomic E-state index is -4.63. The monoisotopic (exact) mass is 257 g/mol. The molecule has 2 aromatic rings. The van der Waals surface area contributed by atoms with E-state index in [1.165, 1.54) is 24.5 Å². The number of carbonyl (C=O) groups is 1. The van der Waals surface area contributed by atoms with Gasteiger partial charge in [0.25, 0.3) is 5.91 Å². The van der Waals surface area contributed by atoms with Crippen LogP contribution in [0.2, 0.25) is 0 Å². The number of rotatable bonds is 2. The summed E-state index contributed by atoms with van der Waals surface area (Å²) in [4.78, 5) is 18.4. The molecular formula is C9H6F3N5O. The second kappa shape index (κ2) is 4.43. The first-order chi connectivity index (χ1) is 8.47. The van der Waals surface area contributed by atoms with Gasteiger partial charge in [-0.05, 0) is 12.1 Å². The van der Waals surface area contributed by atoms with Gasteiger partial charge >= 0.3 is 6.18 Å². The summed E-state index contributed by atoms with van der Waals surface area (Å²) >= 11 is 0. The summed E-state index contributed by atoms with van der Waals surface area (Å²) in [7, 11) is 0. The first-order valence-corrected chi connectivity index (χ1v) is 4.68. The van der Waals surface area contributed by atoms with Crippen LogP contribution in [0.5, 0.6) is 0 Å². The van der Waals surface area contributed by atoms with Crippen molar-refractivity contribution in [3.63, 3.8) is 0 Å². The van der Waals surface area contributed by atoms with Crippen molar-refractivity contribution < 1.29 is 18.0 Å². The summed E-state index contributed by atoms with van der Waals surface area (Å²) in [6.07, 6.45) is -1.87. The predicted octanol–water partition coefficient (Wildman–Crippen LogP) is 1.47. The molecule has 0 saturated carbocycles. The molecule has 0 fully saturated rings. The molecule has 0 aromatic carbocycles. The Morgan fingerprint density at radius 3 is 2.50 bits per heavy atom. The fourth-order valence-corrected chi connectivity index (χ4v) is 1.12. The second-order valence-corrected chi connectivity index (χ2v) is 3.20. The van der Waals surface area contributed by atoms with E-state index in [4.69, 9.17) is 0 Å². The van der Waals surface area contributed by atoms with Crippen LogP contribution in [0, 0.1) is 0 Å². The van der Waals surface area contributed by atoms with Gasteiger partial charge in [0.1, 0.15) is 0 Å². The highest BCUT2D eigenvalue weighted by atomic mass is 19.4. The number of amides is 1. The first-order valence-electron chi connectivity index (χ1n) is 4.68. The lowest BCUT2D eigenvalue weighted by Crippen LogP contribution is -2.13. The molecule has 0 bridgehead atoms. The number of pyridine rings is 1. The van der Waals surface area contributed by atoms with Gasteiger partial charge in [-0.1, -0.05) is 0 Å². The first kappa shape index (κ1) is 12.0. The number of nitrogens with one attached hydrogen (secondary N) is 2. The SMILES string of the molecule is O=C(Nc1n[nH]c(C(F)(F)F)n1)c1ccncc1. The standard InChI is InChI=1S/C9H6F3N5O/c10-9(11,12)7-15-8(17-16-7)14-6(18)5-1-3-13-4-2-5/h1-4H,(H2,14,15,16,17,18). The minimum absolute atomic E-state index is 0.239. The van der Waals surface area contributed by atoms with Gasteiger partial charge in [-0.2, -0.15) is 18.2 Å². The van der Waals surface area contributed by atoms with E-state index in [0.29, 0.717) is 0 Å². The summed E-state index contributed by atoms with van der Waals surface area (Å²) in [6, 6.07) is 2.82. The molecule has 18 heavy (non-hydrogen) atoms. The third kappa shape index (κ3) is 2.62. The number of aromatic amines is 1. The smallest absolute Gasteiger partial charge is 0.289 e. The van der Waals surface area contributed by atoms with E-state index in [-0.39, 0.29) is 5.56 Å². The molecule has 0 unspecified atom stereocenters. The molecule has 0 atom stereocenters. The number of anilines is 1. The van der Waals surface area contributed by atoms with Crippen LogP contribution in [0.3, 0.4) is 0 Å². The summed E-state index contributed by atoms with van der Waals surface area (Å²) < 4.78 is 36.6. The number of nitrogens with zero attached hydrogens (tertiary/aromatic N) is 3. The van der Waals surface area contributed by atoms with Gasteiger partial charge < -0.3 is 0 Å². The molecule has 0 radical (unpaired) electrons. The lowest BCUT2D eigenvalue weighted by molar-refractivity contribution is -0.144. The van der Waals surface area contributed by atoms with Crippen molar-refractivity contribution in [2.75, 3.05) is 5.32 Å². The van der Waals surface area contributed by atoms with Crippen LogP contribution in [0.1, 0.15) is 16.2 Å². The van der Waals surface area contributed by atoms with Crippen LogP contribution >= 0.6 is 0 Å². The summed E-state index contributed by atoms with van der Waals surface area (Å²) in [5.74, 6) is -2.33. The Morgan fingerprint density at radius 1 is 1.28 bits per heavy atom. The van der Waals surface area contributed by atoms with Crippen LogP contribution < -0.4 is 5.32 Å². The Morgan fingerprint density at radius 2 is 1.94 bits per heavy atom. The number of H-pyrrole nitrogens is 1. The van der Waals surface area contributed by atoms with Gasteiger partial charge in [0, 0.05) is 18.0 Å². The lowest BCUT2D eigenvalue weighted by Gasteiger charge is -2.00. The molecule has 1 amide bonds. The van der Waals surface area contributed by atoms with Gasteiger partial charge in [-0.3, -0.25) is 20.2 Å². The number of carbonyl (C=O) groups excluding carboxylic acids is 1. The molecule has 2 rings (SSSR count). The minimum Gasteiger partial charge on any atom is -0.289 e. The number of alkyl halides is 3. The van der Waals surface area contributed by atoms with Crippen molar-refractivity contribution >= 4 is 11.9 Å². The molecule has 0 aliphatic heterocycles. The molecule has 0 saturated heterocycles. The Bertz CT molecular complexity index is 551. The number of hydrogen-bond acceptors (Lipinski definition) is 4. The normalized spacial score (nSPS) is 11.3. The third-order valence-corrected chi connectivity index (χ3v) is 1.92. The Balaban J connectivity index is 2.11. The Labute approximate surface area is 98.3 Å². The van der Waals surface area contributed by atoms with Crippen LogP contribution in [0.25, 0.3) is 0 Å². The fraction of sp³-hybridized carbons (Fsp3) is 0.111. The van der Waals surface area contributed by atoms with E-state index in [9.17, 15) is 18.0 Å². The number of hydrogen-bond donors (Lipinski definition) is 2. The zero-order valence-electron chi connectivity index (χ0n) is 8.69. The van der Waals surface area contributed by atoms with E-state index < -0.39 is 23.9 Å². The van der Waals surface area contributed by atoms with Crippen LogP contribution in [0.15, 0.2) is 24.5 Å². The summed E-state index contributed by atoms with van der Waals surface area (Å²) in [5, 5.41) is 7.06. The predicted molar refractivity (Wildman–Crippen MR) is 53.6 cm³/mol. The highest BCUT2D eigenvalue weighted by Crippen LogP contribution is 2.26. The van der Waals surface area contributed by atoms with Crippen molar-refractivity contribution in [2.45, 2.75) is 6.18 Å². The average molecular weight is 257 g/mol. The topological polar surface area (TPSA) is 83.6 Å². The lowest BCUT2D eigenvalue weighted by atomic mass is 10.2. The van der Waals surface area contributed by atoms with Crippen LogP contribution in [-0.2, 0) is 6.18 Å². The molecule has 2 aromatic heterocycles. The van der Waals surface area contributed by atoms with Crippen molar-refractivity contribution in [1.82, 2.24) is 20.2 Å². The van der Waals surface area contributed by atoms with Crippen LogP contribution in [0.4, 0.5) is 19.1 Å². The molecule has 0 aliphatic rings. The maximum Gasteiger partial charge on any atom is 0.451 e. The largest absolute Gasteiger partial charge is 0.451 e. The molecule has 94 valence electrons. The van der Waals surface area contributed by atoms with E-state index in [0.717, 1.165) is 0 Å². The highest BCUT2D eigenvalue weighted by Gasteiger charge is 2.35. The van der Waals surface area contributed by atoms with Gasteiger partial charge in [-0.15, -0.1) is 5.10 Å². The Hall–Kier alpha value is -2.45. The number of aromatic nitrogens is 4. The molecular weight excluding hydrogens is 251 g/mol. The van der Waals surface area contributed by atoms with E-state index in [1.807, 2.05) is 0 Å². The third-order valence-electron chi connectivity index (χ3n) is 1.92. The van der Waals surface area contributed by atoms with E-state index in [1.54, 1.807) is 5.10 Å². The van der Waals surface area contributed by atoms with E-state index in [2.05, 4.69) is 20.4 Å². The maximum absolute atomic E-state index is 12.2. The Kier molecular flexibility index (Phi) is 2.96. The van der Waals surface area contributed by atoms with Gasteiger partial charge in [0.2, 0.25) is 11.8 Å². The molecule has 9 heteroatoms. The summed E-state index contributed by atoms with van der Waals surface area (Å²) in [5.41, 5.74) is 0.239. The molecule has 2 heterocycles. The zero-order chi connectivity index (χ0) is 13.2. The molecule has 2 N–H and O–H groups in total.